The summed E-state index contributed by atoms with van der Waals surface area (Å²) in [5.41, 5.74) is 8.06. The predicted octanol–water partition coefficient (Wildman–Crippen LogP) is 4.73. The van der Waals surface area contributed by atoms with Crippen LogP contribution in [0.15, 0.2) is 45.7 Å². The normalized spacial score (nSPS) is 20.7. The summed E-state index contributed by atoms with van der Waals surface area (Å²) in [5, 5.41) is 3.51. The molecule has 49 heavy (non-hydrogen) atoms. The van der Waals surface area contributed by atoms with E-state index >= 15 is 0 Å². The lowest BCUT2D eigenvalue weighted by molar-refractivity contribution is -0.154. The van der Waals surface area contributed by atoms with Crippen molar-refractivity contribution < 1.29 is 28.3 Å². The summed E-state index contributed by atoms with van der Waals surface area (Å²) in [6, 6.07) is 7.88. The largest absolute Gasteiger partial charge is 0.461 e. The van der Waals surface area contributed by atoms with Gasteiger partial charge in [-0.15, -0.1) is 0 Å². The smallest absolute Gasteiger partial charge is 0.353 e. The van der Waals surface area contributed by atoms with Gasteiger partial charge in [-0.3, -0.25) is 14.2 Å². The molecule has 5 atom stereocenters. The molecular formula is C37H51N5O7. The molecule has 266 valence electrons. The van der Waals surface area contributed by atoms with E-state index in [-0.39, 0.29) is 30.1 Å². The molecule has 3 aromatic rings. The van der Waals surface area contributed by atoms with Crippen molar-refractivity contribution in [1.29, 1.82) is 0 Å². The van der Waals surface area contributed by atoms with Crippen molar-refractivity contribution in [2.45, 2.75) is 116 Å². The number of hydrogen-bond donors (Lipinski definition) is 2. The summed E-state index contributed by atoms with van der Waals surface area (Å²) in [5.74, 6) is -0.901. The fourth-order valence-corrected chi connectivity index (χ4v) is 6.49. The predicted molar refractivity (Wildman–Crippen MR) is 185 cm³/mol. The Kier molecular flexibility index (Phi) is 11.9. The number of amides is 2. The third-order valence-electron chi connectivity index (χ3n) is 9.61. The Hall–Kier alpha value is -4.03. The molecule has 2 aliphatic heterocycles. The van der Waals surface area contributed by atoms with Gasteiger partial charge in [0.25, 0.3) is 0 Å². The number of esters is 1. The van der Waals surface area contributed by atoms with Gasteiger partial charge in [-0.2, -0.15) is 4.98 Å². The maximum absolute atomic E-state index is 13.3. The average molecular weight is 678 g/mol. The summed E-state index contributed by atoms with van der Waals surface area (Å²) >= 11 is 0. The maximum atomic E-state index is 13.3. The SMILES string of the molecule is CCCCCc1ccc(-c2cc3cn(C4CCC(COC(=O)C(NC(=O)C5CCCN5C(=O)C(N)C(C)C)C(C)C)O4)c(=O)nc3o2)cc1. The van der Waals surface area contributed by atoms with Gasteiger partial charge in [0.2, 0.25) is 17.5 Å². The number of nitrogens with one attached hydrogen (secondary N) is 1. The van der Waals surface area contributed by atoms with Gasteiger partial charge in [0.05, 0.1) is 17.5 Å². The molecule has 2 saturated heterocycles. The van der Waals surface area contributed by atoms with Crippen LogP contribution in [0.4, 0.5) is 0 Å². The molecule has 1 aromatic carbocycles. The van der Waals surface area contributed by atoms with Crippen molar-refractivity contribution in [3.05, 3.63) is 52.6 Å². The van der Waals surface area contributed by atoms with E-state index in [1.54, 1.807) is 6.20 Å². The number of carbonyl (C=O) groups excluding carboxylic acids is 3. The van der Waals surface area contributed by atoms with Gasteiger partial charge in [-0.25, -0.2) is 9.59 Å². The van der Waals surface area contributed by atoms with Crippen LogP contribution < -0.4 is 16.7 Å². The van der Waals surface area contributed by atoms with Crippen LogP contribution in [0.1, 0.15) is 91.4 Å². The monoisotopic (exact) mass is 677 g/mol. The number of rotatable bonds is 14. The Morgan fingerprint density at radius 2 is 1.82 bits per heavy atom. The highest BCUT2D eigenvalue weighted by atomic mass is 16.6. The summed E-state index contributed by atoms with van der Waals surface area (Å²) in [4.78, 5) is 58.0. The minimum absolute atomic E-state index is 0.0274. The first-order chi connectivity index (χ1) is 23.5. The van der Waals surface area contributed by atoms with E-state index in [9.17, 15) is 19.2 Å². The van der Waals surface area contributed by atoms with Gasteiger partial charge in [-0.05, 0) is 62.0 Å². The van der Waals surface area contributed by atoms with Gasteiger partial charge >= 0.3 is 11.7 Å². The first kappa shape index (κ1) is 36.3. The zero-order chi connectivity index (χ0) is 35.2. The van der Waals surface area contributed by atoms with Crippen molar-refractivity contribution in [2.24, 2.45) is 17.6 Å². The van der Waals surface area contributed by atoms with Crippen LogP contribution in [0.3, 0.4) is 0 Å². The number of carbonyl (C=O) groups is 3. The zero-order valence-electron chi connectivity index (χ0n) is 29.4. The van der Waals surface area contributed by atoms with Crippen LogP contribution >= 0.6 is 0 Å². The van der Waals surface area contributed by atoms with Gasteiger partial charge in [0, 0.05) is 18.3 Å². The van der Waals surface area contributed by atoms with Gasteiger partial charge < -0.3 is 29.8 Å². The highest BCUT2D eigenvalue weighted by Crippen LogP contribution is 2.31. The molecule has 2 amide bonds. The molecule has 2 fully saturated rings. The first-order valence-corrected chi connectivity index (χ1v) is 17.8. The van der Waals surface area contributed by atoms with Crippen molar-refractivity contribution >= 4 is 28.9 Å². The van der Waals surface area contributed by atoms with Crippen molar-refractivity contribution in [1.82, 2.24) is 19.8 Å². The van der Waals surface area contributed by atoms with E-state index in [2.05, 4.69) is 29.4 Å². The lowest BCUT2D eigenvalue weighted by Crippen LogP contribution is -2.55. The van der Waals surface area contributed by atoms with Crippen LogP contribution in [0.2, 0.25) is 0 Å². The van der Waals surface area contributed by atoms with Crippen LogP contribution in [-0.2, 0) is 30.3 Å². The highest BCUT2D eigenvalue weighted by molar-refractivity contribution is 5.92. The summed E-state index contributed by atoms with van der Waals surface area (Å²) in [6.45, 7) is 10.00. The molecule has 5 unspecified atom stereocenters. The number of nitrogens with zero attached hydrogens (tertiary/aromatic N) is 3. The van der Waals surface area contributed by atoms with E-state index in [1.165, 1.54) is 34.3 Å². The number of aromatic nitrogens is 2. The summed E-state index contributed by atoms with van der Waals surface area (Å²) < 4.78 is 19.2. The van der Waals surface area contributed by atoms with E-state index in [1.807, 2.05) is 45.9 Å². The van der Waals surface area contributed by atoms with Gasteiger partial charge in [-0.1, -0.05) is 71.7 Å². The lowest BCUT2D eigenvalue weighted by atomic mass is 10.0. The molecule has 3 N–H and O–H groups in total. The zero-order valence-corrected chi connectivity index (χ0v) is 29.4. The number of benzene rings is 1. The molecule has 4 heterocycles. The third kappa shape index (κ3) is 8.59. The standard InChI is InChI=1S/C37H51N5O7/c1-6-7-8-10-24-12-14-25(15-13-24)29-19-26-20-42(37(46)40-34(26)49-29)30-17-16-27(48-30)21-47-36(45)32(23(4)5)39-33(43)28-11-9-18-41(28)35(44)31(38)22(2)3/h12-15,19-20,22-23,27-28,30-32H,6-11,16-18,21,38H2,1-5H3,(H,39,43). The molecule has 12 heteroatoms. The number of unbranched alkanes of at least 4 members (excludes halogenated alkanes) is 2. The Bertz CT molecular complexity index is 1660. The molecule has 12 nitrogen and oxygen atoms in total. The lowest BCUT2D eigenvalue weighted by Gasteiger charge is -2.30. The number of furan rings is 1. The van der Waals surface area contributed by atoms with Crippen molar-refractivity contribution in [3.63, 3.8) is 0 Å². The highest BCUT2D eigenvalue weighted by Gasteiger charge is 2.39. The first-order valence-electron chi connectivity index (χ1n) is 17.8. The maximum Gasteiger partial charge on any atom is 0.353 e. The van der Waals surface area contributed by atoms with E-state index in [0.717, 1.165) is 12.0 Å². The summed E-state index contributed by atoms with van der Waals surface area (Å²) in [6.07, 6.45) is 7.60. The van der Waals surface area contributed by atoms with Crippen LogP contribution in [-0.4, -0.2) is 69.6 Å². The van der Waals surface area contributed by atoms with Crippen molar-refractivity contribution in [3.8, 4) is 11.3 Å². The van der Waals surface area contributed by atoms with Crippen LogP contribution in [0, 0.1) is 11.8 Å². The molecule has 0 saturated carbocycles. The molecule has 5 rings (SSSR count). The molecule has 0 radical (unpaired) electrons. The van der Waals surface area contributed by atoms with Crippen LogP contribution in [0.5, 0.6) is 0 Å². The second-order valence-electron chi connectivity index (χ2n) is 14.1. The number of ether oxygens (including phenoxy) is 2. The Labute approximate surface area is 287 Å². The molecule has 2 aliphatic rings. The number of aryl methyl sites for hydroxylation is 1. The van der Waals surface area contributed by atoms with Crippen molar-refractivity contribution in [2.75, 3.05) is 13.2 Å². The molecule has 2 aromatic heterocycles. The Balaban J connectivity index is 1.17. The van der Waals surface area contributed by atoms with E-state index < -0.39 is 48.0 Å². The van der Waals surface area contributed by atoms with E-state index in [4.69, 9.17) is 19.6 Å². The topological polar surface area (TPSA) is 159 Å². The second-order valence-corrected chi connectivity index (χ2v) is 14.1. The minimum atomic E-state index is -0.900. The minimum Gasteiger partial charge on any atom is -0.461 e. The van der Waals surface area contributed by atoms with E-state index in [0.29, 0.717) is 43.4 Å². The molecule has 0 aliphatic carbocycles. The Morgan fingerprint density at radius 1 is 1.06 bits per heavy atom. The fourth-order valence-electron chi connectivity index (χ4n) is 6.49. The van der Waals surface area contributed by atoms with Crippen LogP contribution in [0.25, 0.3) is 22.4 Å². The Morgan fingerprint density at radius 3 is 2.51 bits per heavy atom. The second kappa shape index (κ2) is 16.1. The number of hydrogen-bond acceptors (Lipinski definition) is 9. The molecular weight excluding hydrogens is 626 g/mol. The number of nitrogens with two attached hydrogens (primary N) is 1. The third-order valence-corrected chi connectivity index (χ3v) is 9.61. The summed E-state index contributed by atoms with van der Waals surface area (Å²) in [7, 11) is 0. The quantitative estimate of drug-likeness (QED) is 0.182. The molecule has 0 bridgehead atoms. The number of likely N-dealkylation sites (tertiary alicyclic amines) is 1. The number of fused-ring (bicyclic) bond motifs is 1. The molecule has 0 spiro atoms. The van der Waals surface area contributed by atoms with Gasteiger partial charge in [0.1, 0.15) is 30.7 Å². The van der Waals surface area contributed by atoms with Gasteiger partial charge in [0.15, 0.2) is 0 Å². The fraction of sp³-hybridized carbons (Fsp3) is 0.595. The average Bonchev–Trinajstić information content (AvgIpc) is 3.85.